The van der Waals surface area contributed by atoms with Crippen LogP contribution in [0.3, 0.4) is 0 Å². The van der Waals surface area contributed by atoms with E-state index in [1.807, 2.05) is 27.7 Å². The van der Waals surface area contributed by atoms with E-state index in [1.165, 1.54) is 0 Å². The largest absolute Gasteiger partial charge is 0.459 e. The number of carbonyl (C=O) groups excluding carboxylic acids is 1. The van der Waals surface area contributed by atoms with Gasteiger partial charge in [0.15, 0.2) is 0 Å². The second-order valence-electron chi connectivity index (χ2n) is 6.95. The van der Waals surface area contributed by atoms with Crippen molar-refractivity contribution in [1.29, 1.82) is 0 Å². The van der Waals surface area contributed by atoms with Crippen molar-refractivity contribution < 1.29 is 13.9 Å². The monoisotopic (exact) mass is 272 g/mol. The summed E-state index contributed by atoms with van der Waals surface area (Å²) in [5.74, 6) is -0.272. The number of hydrogen-bond acceptors (Lipinski definition) is 2. The molecule has 1 saturated carbocycles. The summed E-state index contributed by atoms with van der Waals surface area (Å²) in [5.41, 5.74) is -1.55. The van der Waals surface area contributed by atoms with Crippen LogP contribution in [0.2, 0.25) is 0 Å². The number of rotatable bonds is 4. The summed E-state index contributed by atoms with van der Waals surface area (Å²) in [5, 5.41) is 0. The van der Waals surface area contributed by atoms with Crippen molar-refractivity contribution >= 4 is 5.97 Å². The smallest absolute Gasteiger partial charge is 0.309 e. The first kappa shape index (κ1) is 16.5. The van der Waals surface area contributed by atoms with Crippen molar-refractivity contribution in [1.82, 2.24) is 0 Å². The predicted octanol–water partition coefficient (Wildman–Crippen LogP) is 4.66. The first-order chi connectivity index (χ1) is 8.67. The van der Waals surface area contributed by atoms with Crippen LogP contribution < -0.4 is 0 Å². The van der Waals surface area contributed by atoms with Crippen molar-refractivity contribution in [2.75, 3.05) is 0 Å². The van der Waals surface area contributed by atoms with Crippen LogP contribution in [-0.4, -0.2) is 17.2 Å². The van der Waals surface area contributed by atoms with Crippen LogP contribution in [0.5, 0.6) is 0 Å². The fraction of sp³-hybridized carbons (Fsp3) is 0.938. The zero-order valence-corrected chi connectivity index (χ0v) is 13.1. The number of hydrogen-bond donors (Lipinski definition) is 0. The minimum Gasteiger partial charge on any atom is -0.459 e. The lowest BCUT2D eigenvalue weighted by Crippen LogP contribution is -2.34. The van der Waals surface area contributed by atoms with Crippen molar-refractivity contribution in [3.63, 3.8) is 0 Å². The predicted molar refractivity (Wildman–Crippen MR) is 75.7 cm³/mol. The molecule has 0 aromatic carbocycles. The van der Waals surface area contributed by atoms with Gasteiger partial charge < -0.3 is 4.74 Å². The van der Waals surface area contributed by atoms with Gasteiger partial charge in [-0.05, 0) is 52.4 Å². The Hall–Kier alpha value is -0.600. The van der Waals surface area contributed by atoms with Crippen LogP contribution in [0, 0.1) is 11.8 Å². The number of carbonyl (C=O) groups is 1. The summed E-state index contributed by atoms with van der Waals surface area (Å²) in [6.07, 6.45) is 4.76. The van der Waals surface area contributed by atoms with E-state index in [0.29, 0.717) is 12.8 Å². The highest BCUT2D eigenvalue weighted by Crippen LogP contribution is 2.37. The highest BCUT2D eigenvalue weighted by molar-refractivity contribution is 5.72. The van der Waals surface area contributed by atoms with Crippen molar-refractivity contribution in [3.05, 3.63) is 0 Å². The molecule has 0 aromatic rings. The standard InChI is InChI=1S/C16H29FO2/c1-6-15(3,4)19-14(18)12(2)13-9-7-8-10-16(5,17)11-13/h12-13H,6-11H2,1-5H3. The van der Waals surface area contributed by atoms with E-state index in [2.05, 4.69) is 0 Å². The van der Waals surface area contributed by atoms with Gasteiger partial charge in [-0.2, -0.15) is 0 Å². The molecule has 3 heteroatoms. The summed E-state index contributed by atoms with van der Waals surface area (Å²) < 4.78 is 19.8. The molecule has 2 nitrogen and oxygen atoms in total. The van der Waals surface area contributed by atoms with Gasteiger partial charge in [0, 0.05) is 0 Å². The average Bonchev–Trinajstić information content (AvgIpc) is 2.48. The number of alkyl halides is 1. The minimum atomic E-state index is -1.13. The molecule has 0 saturated heterocycles. The maximum atomic E-state index is 14.3. The Kier molecular flexibility index (Phi) is 5.40. The normalized spacial score (nSPS) is 30.5. The fourth-order valence-corrected chi connectivity index (χ4v) is 2.71. The highest BCUT2D eigenvalue weighted by atomic mass is 19.1. The zero-order chi connectivity index (χ0) is 14.7. The van der Waals surface area contributed by atoms with E-state index in [9.17, 15) is 9.18 Å². The second-order valence-corrected chi connectivity index (χ2v) is 6.95. The van der Waals surface area contributed by atoms with Gasteiger partial charge in [-0.25, -0.2) is 4.39 Å². The Morgan fingerprint density at radius 2 is 2.11 bits per heavy atom. The van der Waals surface area contributed by atoms with Crippen LogP contribution in [0.1, 0.15) is 73.1 Å². The lowest BCUT2D eigenvalue weighted by molar-refractivity contribution is -0.163. The minimum absolute atomic E-state index is 0.109. The molecular formula is C16H29FO2. The Labute approximate surface area is 117 Å². The molecule has 0 N–H and O–H groups in total. The fourth-order valence-electron chi connectivity index (χ4n) is 2.71. The SMILES string of the molecule is CCC(C)(C)OC(=O)C(C)C1CCCCC(C)(F)C1. The van der Waals surface area contributed by atoms with Crippen molar-refractivity contribution in [2.24, 2.45) is 11.8 Å². The Bertz CT molecular complexity index is 310. The molecule has 0 aromatic heterocycles. The maximum Gasteiger partial charge on any atom is 0.309 e. The van der Waals surface area contributed by atoms with Crippen LogP contribution in [-0.2, 0) is 9.53 Å². The summed E-state index contributed by atoms with van der Waals surface area (Å²) in [7, 11) is 0. The van der Waals surface area contributed by atoms with Gasteiger partial charge in [0.05, 0.1) is 5.92 Å². The van der Waals surface area contributed by atoms with E-state index >= 15 is 0 Å². The van der Waals surface area contributed by atoms with E-state index in [-0.39, 0.29) is 17.8 Å². The highest BCUT2D eigenvalue weighted by Gasteiger charge is 2.36. The maximum absolute atomic E-state index is 14.3. The first-order valence-electron chi connectivity index (χ1n) is 7.58. The quantitative estimate of drug-likeness (QED) is 0.549. The van der Waals surface area contributed by atoms with Gasteiger partial charge in [-0.15, -0.1) is 0 Å². The van der Waals surface area contributed by atoms with Crippen LogP contribution >= 0.6 is 0 Å². The molecule has 0 amide bonds. The second kappa shape index (κ2) is 6.23. The molecule has 1 aliphatic rings. The molecule has 0 spiro atoms. The Morgan fingerprint density at radius 1 is 1.47 bits per heavy atom. The molecule has 0 radical (unpaired) electrons. The van der Waals surface area contributed by atoms with Crippen LogP contribution in [0.15, 0.2) is 0 Å². The third-order valence-electron chi connectivity index (χ3n) is 4.52. The zero-order valence-electron chi connectivity index (χ0n) is 13.1. The van der Waals surface area contributed by atoms with Gasteiger partial charge in [-0.3, -0.25) is 4.79 Å². The van der Waals surface area contributed by atoms with Gasteiger partial charge in [0.25, 0.3) is 0 Å². The molecule has 1 fully saturated rings. The molecule has 0 aliphatic heterocycles. The summed E-state index contributed by atoms with van der Waals surface area (Å²) in [6, 6.07) is 0. The van der Waals surface area contributed by atoms with Crippen molar-refractivity contribution in [2.45, 2.75) is 84.4 Å². The summed E-state index contributed by atoms with van der Waals surface area (Å²) in [4.78, 5) is 12.2. The van der Waals surface area contributed by atoms with E-state index in [4.69, 9.17) is 4.74 Å². The molecule has 3 unspecified atom stereocenters. The van der Waals surface area contributed by atoms with Gasteiger partial charge in [0.2, 0.25) is 0 Å². The van der Waals surface area contributed by atoms with Crippen LogP contribution in [0.25, 0.3) is 0 Å². The lowest BCUT2D eigenvalue weighted by atomic mass is 9.83. The van der Waals surface area contributed by atoms with Crippen molar-refractivity contribution in [3.8, 4) is 0 Å². The van der Waals surface area contributed by atoms with E-state index in [1.54, 1.807) is 6.92 Å². The van der Waals surface area contributed by atoms with Crippen LogP contribution in [0.4, 0.5) is 4.39 Å². The Balaban J connectivity index is 2.65. The molecule has 1 aliphatic carbocycles. The average molecular weight is 272 g/mol. The van der Waals surface area contributed by atoms with E-state index < -0.39 is 11.3 Å². The molecule has 19 heavy (non-hydrogen) atoms. The van der Waals surface area contributed by atoms with E-state index in [0.717, 1.165) is 25.7 Å². The molecule has 0 heterocycles. The first-order valence-corrected chi connectivity index (χ1v) is 7.58. The number of halogens is 1. The lowest BCUT2D eigenvalue weighted by Gasteiger charge is -2.30. The Morgan fingerprint density at radius 3 is 2.68 bits per heavy atom. The summed E-state index contributed by atoms with van der Waals surface area (Å²) in [6.45, 7) is 9.40. The third kappa shape index (κ3) is 5.12. The van der Waals surface area contributed by atoms with Gasteiger partial charge in [-0.1, -0.05) is 26.7 Å². The molecule has 1 rings (SSSR count). The number of ether oxygens (including phenoxy) is 1. The summed E-state index contributed by atoms with van der Waals surface area (Å²) >= 11 is 0. The molecular weight excluding hydrogens is 243 g/mol. The molecule has 3 atom stereocenters. The van der Waals surface area contributed by atoms with Gasteiger partial charge >= 0.3 is 5.97 Å². The molecule has 112 valence electrons. The third-order valence-corrected chi connectivity index (χ3v) is 4.52. The molecule has 0 bridgehead atoms. The van der Waals surface area contributed by atoms with Gasteiger partial charge in [0.1, 0.15) is 11.3 Å². The number of esters is 1. The topological polar surface area (TPSA) is 26.3 Å².